The van der Waals surface area contributed by atoms with Crippen LogP contribution in [0.5, 0.6) is 11.5 Å². The molecule has 7 rings (SSSR count). The van der Waals surface area contributed by atoms with E-state index in [4.69, 9.17) is 26.1 Å². The second-order valence-corrected chi connectivity index (χ2v) is 14.1. The van der Waals surface area contributed by atoms with E-state index >= 15 is 0 Å². The molecule has 3 aromatic carbocycles. The van der Waals surface area contributed by atoms with E-state index in [1.807, 2.05) is 44.2 Å². The number of carbonyl (C=O) groups excluding carboxylic acids is 2. The van der Waals surface area contributed by atoms with E-state index in [0.717, 1.165) is 18.9 Å². The van der Waals surface area contributed by atoms with Crippen LogP contribution in [0.1, 0.15) is 30.0 Å². The lowest BCUT2D eigenvalue weighted by Crippen LogP contribution is -2.50. The summed E-state index contributed by atoms with van der Waals surface area (Å²) in [6.45, 7) is 9.40. The molecule has 0 bridgehead atoms. The molecule has 2 aliphatic heterocycles. The molecular formula is C40H43ClN8O5. The topological polar surface area (TPSA) is 126 Å². The van der Waals surface area contributed by atoms with Gasteiger partial charge in [-0.2, -0.15) is 5.10 Å². The Bertz CT molecular complexity index is 2150. The summed E-state index contributed by atoms with van der Waals surface area (Å²) in [5.74, 6) is 2.25. The number of nitrogens with zero attached hydrogens (tertiary/aromatic N) is 8. The molecule has 0 unspecified atom stereocenters. The number of carbonyl (C=O) groups is 2. The second kappa shape index (κ2) is 16.8. The first-order chi connectivity index (χ1) is 26.2. The number of benzene rings is 3. The van der Waals surface area contributed by atoms with Crippen molar-refractivity contribution in [1.82, 2.24) is 34.4 Å². The summed E-state index contributed by atoms with van der Waals surface area (Å²) >= 11 is 5.96. The van der Waals surface area contributed by atoms with Crippen LogP contribution in [0.3, 0.4) is 0 Å². The number of ketones is 1. The zero-order chi connectivity index (χ0) is 37.6. The molecule has 280 valence electrons. The number of rotatable bonds is 12. The van der Waals surface area contributed by atoms with Crippen molar-refractivity contribution < 1.29 is 19.1 Å². The number of piperazine rings is 2. The van der Waals surface area contributed by atoms with Crippen molar-refractivity contribution in [3.63, 3.8) is 0 Å². The number of amides is 1. The molecule has 54 heavy (non-hydrogen) atoms. The predicted octanol–water partition coefficient (Wildman–Crippen LogP) is 4.34. The maximum absolute atomic E-state index is 14.4. The van der Waals surface area contributed by atoms with Gasteiger partial charge in [0.1, 0.15) is 17.3 Å². The maximum Gasteiger partial charge on any atom is 0.266 e. The van der Waals surface area contributed by atoms with E-state index in [9.17, 15) is 14.4 Å². The van der Waals surface area contributed by atoms with Crippen molar-refractivity contribution in [3.05, 3.63) is 112 Å². The Hall–Kier alpha value is -5.37. The normalized spacial score (nSPS) is 15.5. The summed E-state index contributed by atoms with van der Waals surface area (Å²) in [5, 5.41) is 9.27. The Labute approximate surface area is 318 Å². The van der Waals surface area contributed by atoms with Crippen LogP contribution in [0.15, 0.2) is 89.9 Å². The van der Waals surface area contributed by atoms with Gasteiger partial charge in [0, 0.05) is 69.1 Å². The summed E-state index contributed by atoms with van der Waals surface area (Å²) in [6.07, 6.45) is 1.47. The zero-order valence-corrected chi connectivity index (χ0v) is 31.2. The van der Waals surface area contributed by atoms with Crippen LogP contribution >= 0.6 is 11.6 Å². The Morgan fingerprint density at radius 1 is 0.852 bits per heavy atom. The highest BCUT2D eigenvalue weighted by molar-refractivity contribution is 6.30. The van der Waals surface area contributed by atoms with Crippen LogP contribution in [0.4, 0.5) is 5.82 Å². The van der Waals surface area contributed by atoms with Gasteiger partial charge in [-0.15, -0.1) is 5.10 Å². The minimum absolute atomic E-state index is 0.0514. The average molecular weight is 751 g/mol. The van der Waals surface area contributed by atoms with E-state index in [0.29, 0.717) is 90.3 Å². The van der Waals surface area contributed by atoms with Gasteiger partial charge in [-0.05, 0) is 80.6 Å². The fourth-order valence-electron chi connectivity index (χ4n) is 6.77. The highest BCUT2D eigenvalue weighted by Gasteiger charge is 2.26. The van der Waals surface area contributed by atoms with Crippen LogP contribution in [0.2, 0.25) is 5.02 Å². The number of Topliss-reactive ketones (excluding diaryl/α,β-unsaturated/α-hetero) is 1. The van der Waals surface area contributed by atoms with Gasteiger partial charge in [0.15, 0.2) is 18.2 Å². The first-order valence-corrected chi connectivity index (χ1v) is 18.6. The Morgan fingerprint density at radius 2 is 1.59 bits per heavy atom. The molecule has 2 aliphatic rings. The van der Waals surface area contributed by atoms with E-state index < -0.39 is 0 Å². The van der Waals surface area contributed by atoms with Crippen LogP contribution in [0.25, 0.3) is 16.6 Å². The highest BCUT2D eigenvalue weighted by atomic mass is 35.5. The molecule has 0 radical (unpaired) electrons. The van der Waals surface area contributed by atoms with Gasteiger partial charge in [-0.1, -0.05) is 23.7 Å². The minimum Gasteiger partial charge on any atom is -0.489 e. The standard InChI is InChI=1S/C40H43ClN8O5/c1-28(2)54-36-14-9-29(35(50)25-45-16-20-47(21-17-45)37-8-5-15-42-44-37)24-34(36)49-38(43-33-7-4-3-6-32(33)40(49)52)26-46-18-22-48(23-19-46)39(51)27-53-31-12-10-30(41)11-13-31/h3-15,24,28H,16-23,25-27H2,1-2H3. The largest absolute Gasteiger partial charge is 0.489 e. The third-order valence-corrected chi connectivity index (χ3v) is 9.87. The third kappa shape index (κ3) is 8.70. The molecule has 2 saturated heterocycles. The lowest BCUT2D eigenvalue weighted by atomic mass is 10.1. The first-order valence-electron chi connectivity index (χ1n) is 18.2. The molecular weight excluding hydrogens is 708 g/mol. The lowest BCUT2D eigenvalue weighted by molar-refractivity contribution is -0.135. The van der Waals surface area contributed by atoms with Gasteiger partial charge in [-0.3, -0.25) is 28.8 Å². The SMILES string of the molecule is CC(C)Oc1ccc(C(=O)CN2CCN(c3cccnn3)CC2)cc1-n1c(CN2CCN(C(=O)COc3ccc(Cl)cc3)CC2)nc2ccccc2c1=O. The monoisotopic (exact) mass is 750 g/mol. The van der Waals surface area contributed by atoms with Crippen LogP contribution in [-0.4, -0.2) is 118 Å². The number of ether oxygens (including phenoxy) is 2. The van der Waals surface area contributed by atoms with Gasteiger partial charge in [0.2, 0.25) is 0 Å². The lowest BCUT2D eigenvalue weighted by Gasteiger charge is -2.35. The van der Waals surface area contributed by atoms with Gasteiger partial charge < -0.3 is 19.3 Å². The van der Waals surface area contributed by atoms with Crippen molar-refractivity contribution in [2.45, 2.75) is 26.5 Å². The molecule has 13 nitrogen and oxygen atoms in total. The van der Waals surface area contributed by atoms with Gasteiger partial charge in [0.05, 0.1) is 35.8 Å². The summed E-state index contributed by atoms with van der Waals surface area (Å²) in [7, 11) is 0. The number of hydrogen-bond donors (Lipinski definition) is 0. The number of para-hydroxylation sites is 1. The fourth-order valence-corrected chi connectivity index (χ4v) is 6.89. The Balaban J connectivity index is 1.10. The van der Waals surface area contributed by atoms with E-state index in [-0.39, 0.29) is 36.5 Å². The molecule has 0 spiro atoms. The Kier molecular flexibility index (Phi) is 11.5. The highest BCUT2D eigenvalue weighted by Crippen LogP contribution is 2.28. The van der Waals surface area contributed by atoms with Gasteiger partial charge >= 0.3 is 0 Å². The molecule has 0 N–H and O–H groups in total. The van der Waals surface area contributed by atoms with E-state index in [1.54, 1.807) is 64.2 Å². The summed E-state index contributed by atoms with van der Waals surface area (Å²) in [4.78, 5) is 54.5. The molecule has 0 aliphatic carbocycles. The second-order valence-electron chi connectivity index (χ2n) is 13.7. The number of hydrogen-bond acceptors (Lipinski definition) is 11. The van der Waals surface area contributed by atoms with Crippen LogP contribution < -0.4 is 19.9 Å². The smallest absolute Gasteiger partial charge is 0.266 e. The fraction of sp³-hybridized carbons (Fsp3) is 0.350. The van der Waals surface area contributed by atoms with Crippen molar-refractivity contribution in [1.29, 1.82) is 0 Å². The zero-order valence-electron chi connectivity index (χ0n) is 30.4. The van der Waals surface area contributed by atoms with Crippen LogP contribution in [-0.2, 0) is 11.3 Å². The summed E-state index contributed by atoms with van der Waals surface area (Å²) in [6, 6.07) is 23.3. The van der Waals surface area contributed by atoms with Gasteiger partial charge in [-0.25, -0.2) is 4.98 Å². The third-order valence-electron chi connectivity index (χ3n) is 9.62. The number of anilines is 1. The molecule has 0 saturated carbocycles. The predicted molar refractivity (Wildman–Crippen MR) is 207 cm³/mol. The minimum atomic E-state index is -0.248. The van der Waals surface area contributed by atoms with Crippen LogP contribution in [0, 0.1) is 0 Å². The molecule has 0 atom stereocenters. The molecule has 5 aromatic rings. The van der Waals surface area contributed by atoms with Crippen molar-refractivity contribution in [3.8, 4) is 17.2 Å². The molecule has 2 fully saturated rings. The summed E-state index contributed by atoms with van der Waals surface area (Å²) < 4.78 is 13.5. The number of fused-ring (bicyclic) bond motifs is 1. The van der Waals surface area contributed by atoms with Crippen molar-refractivity contribution in [2.24, 2.45) is 0 Å². The number of aromatic nitrogens is 4. The summed E-state index contributed by atoms with van der Waals surface area (Å²) in [5.41, 5.74) is 1.29. The quantitative estimate of drug-likeness (QED) is 0.169. The average Bonchev–Trinajstić information content (AvgIpc) is 3.19. The maximum atomic E-state index is 14.4. The van der Waals surface area contributed by atoms with Crippen molar-refractivity contribution >= 4 is 40.0 Å². The molecule has 4 heterocycles. The number of halogens is 1. The van der Waals surface area contributed by atoms with Crippen molar-refractivity contribution in [2.75, 3.05) is 70.4 Å². The van der Waals surface area contributed by atoms with E-state index in [1.165, 1.54) is 0 Å². The molecule has 14 heteroatoms. The van der Waals surface area contributed by atoms with Gasteiger partial charge in [0.25, 0.3) is 11.5 Å². The molecule has 2 aromatic heterocycles. The van der Waals surface area contributed by atoms with E-state index in [2.05, 4.69) is 24.9 Å². The first kappa shape index (κ1) is 37.0. The molecule has 1 amide bonds. The Morgan fingerprint density at radius 3 is 2.31 bits per heavy atom.